The van der Waals surface area contributed by atoms with Crippen LogP contribution in [-0.2, 0) is 0 Å². The van der Waals surface area contributed by atoms with Gasteiger partial charge in [-0.15, -0.1) is 0 Å². The normalized spacial score (nSPS) is 23.1. The van der Waals surface area contributed by atoms with Crippen LogP contribution in [0, 0.1) is 5.41 Å². The van der Waals surface area contributed by atoms with E-state index in [1.807, 2.05) is 18.3 Å². The standard InChI is InChI=1S/C19H26N2O/c1-5-21-13-15(12-17(21)19(2,3)4)22-18-16-9-7-6-8-14(16)10-11-20-18/h6-11,15,17H,5,12-13H2,1-4H3. The third-order valence-corrected chi connectivity index (χ3v) is 4.69. The third-order valence-electron chi connectivity index (χ3n) is 4.69. The van der Waals surface area contributed by atoms with Gasteiger partial charge >= 0.3 is 0 Å². The van der Waals surface area contributed by atoms with Gasteiger partial charge in [-0.05, 0) is 29.5 Å². The number of aromatic nitrogens is 1. The number of hydrogen-bond acceptors (Lipinski definition) is 3. The van der Waals surface area contributed by atoms with Gasteiger partial charge < -0.3 is 4.74 Å². The van der Waals surface area contributed by atoms with E-state index in [1.165, 1.54) is 5.39 Å². The fourth-order valence-electron chi connectivity index (χ4n) is 3.54. The first-order valence-corrected chi connectivity index (χ1v) is 8.23. The SMILES string of the molecule is CCN1CC(Oc2nccc3ccccc23)CC1C(C)(C)C. The molecule has 0 bridgehead atoms. The van der Waals surface area contributed by atoms with Crippen molar-refractivity contribution in [1.29, 1.82) is 0 Å². The van der Waals surface area contributed by atoms with Crippen LogP contribution >= 0.6 is 0 Å². The zero-order valence-corrected chi connectivity index (χ0v) is 14.0. The zero-order chi connectivity index (χ0) is 15.7. The van der Waals surface area contributed by atoms with Crippen molar-refractivity contribution in [3.63, 3.8) is 0 Å². The lowest BCUT2D eigenvalue weighted by Gasteiger charge is -2.33. The van der Waals surface area contributed by atoms with Crippen LogP contribution in [-0.4, -0.2) is 35.1 Å². The van der Waals surface area contributed by atoms with Gasteiger partial charge in [-0.25, -0.2) is 4.98 Å². The van der Waals surface area contributed by atoms with Crippen molar-refractivity contribution in [1.82, 2.24) is 9.88 Å². The Morgan fingerprint density at radius 3 is 2.68 bits per heavy atom. The largest absolute Gasteiger partial charge is 0.472 e. The van der Waals surface area contributed by atoms with E-state index in [1.54, 1.807) is 0 Å². The summed E-state index contributed by atoms with van der Waals surface area (Å²) in [6, 6.07) is 10.9. The van der Waals surface area contributed by atoms with Crippen LogP contribution in [0.1, 0.15) is 34.1 Å². The summed E-state index contributed by atoms with van der Waals surface area (Å²) in [4.78, 5) is 7.01. The molecule has 0 amide bonds. The molecule has 1 fully saturated rings. The van der Waals surface area contributed by atoms with E-state index < -0.39 is 0 Å². The van der Waals surface area contributed by atoms with Crippen molar-refractivity contribution in [2.24, 2.45) is 5.41 Å². The minimum atomic E-state index is 0.225. The van der Waals surface area contributed by atoms with Gasteiger partial charge in [0.15, 0.2) is 0 Å². The molecule has 3 rings (SSSR count). The van der Waals surface area contributed by atoms with E-state index in [-0.39, 0.29) is 11.5 Å². The van der Waals surface area contributed by atoms with Crippen molar-refractivity contribution in [2.45, 2.75) is 46.3 Å². The van der Waals surface area contributed by atoms with Gasteiger partial charge in [0.2, 0.25) is 5.88 Å². The van der Waals surface area contributed by atoms with Gasteiger partial charge in [0.1, 0.15) is 6.10 Å². The summed E-state index contributed by atoms with van der Waals surface area (Å²) in [6.07, 6.45) is 3.13. The maximum absolute atomic E-state index is 6.29. The number of hydrogen-bond donors (Lipinski definition) is 0. The minimum absolute atomic E-state index is 0.225. The summed E-state index contributed by atoms with van der Waals surface area (Å²) in [6.45, 7) is 11.3. The molecular weight excluding hydrogens is 272 g/mol. The molecular formula is C19H26N2O. The number of likely N-dealkylation sites (N-methyl/N-ethyl adjacent to an activating group) is 1. The van der Waals surface area contributed by atoms with E-state index in [9.17, 15) is 0 Å². The van der Waals surface area contributed by atoms with Crippen LogP contribution in [0.25, 0.3) is 10.8 Å². The molecule has 3 heteroatoms. The van der Waals surface area contributed by atoms with Gasteiger partial charge in [0, 0.05) is 30.6 Å². The summed E-state index contributed by atoms with van der Waals surface area (Å²) in [5.41, 5.74) is 0.278. The van der Waals surface area contributed by atoms with Crippen LogP contribution in [0.2, 0.25) is 0 Å². The predicted molar refractivity (Wildman–Crippen MR) is 91.3 cm³/mol. The van der Waals surface area contributed by atoms with Crippen molar-refractivity contribution >= 4 is 10.8 Å². The van der Waals surface area contributed by atoms with Crippen LogP contribution < -0.4 is 4.74 Å². The first kappa shape index (κ1) is 15.3. The maximum atomic E-state index is 6.29. The fourth-order valence-corrected chi connectivity index (χ4v) is 3.54. The topological polar surface area (TPSA) is 25.4 Å². The first-order chi connectivity index (χ1) is 10.5. The maximum Gasteiger partial charge on any atom is 0.221 e. The van der Waals surface area contributed by atoms with Crippen molar-refractivity contribution in [3.05, 3.63) is 36.5 Å². The van der Waals surface area contributed by atoms with Crippen LogP contribution in [0.4, 0.5) is 0 Å². The highest BCUT2D eigenvalue weighted by molar-refractivity contribution is 5.86. The Hall–Kier alpha value is -1.61. The van der Waals surface area contributed by atoms with Gasteiger partial charge in [-0.1, -0.05) is 45.9 Å². The van der Waals surface area contributed by atoms with Crippen molar-refractivity contribution < 1.29 is 4.74 Å². The Morgan fingerprint density at radius 2 is 2.00 bits per heavy atom. The highest BCUT2D eigenvalue weighted by Gasteiger charge is 2.39. The number of fused-ring (bicyclic) bond motifs is 1. The lowest BCUT2D eigenvalue weighted by Crippen LogP contribution is -2.39. The second kappa shape index (κ2) is 5.88. The second-order valence-electron chi connectivity index (χ2n) is 7.28. The molecule has 1 aliphatic heterocycles. The zero-order valence-electron chi connectivity index (χ0n) is 14.0. The monoisotopic (exact) mass is 298 g/mol. The predicted octanol–water partition coefficient (Wildman–Crippen LogP) is 4.12. The molecule has 1 aliphatic rings. The van der Waals surface area contributed by atoms with E-state index in [0.29, 0.717) is 6.04 Å². The number of benzene rings is 1. The van der Waals surface area contributed by atoms with E-state index in [4.69, 9.17) is 4.74 Å². The molecule has 0 N–H and O–H groups in total. The molecule has 0 saturated carbocycles. The van der Waals surface area contributed by atoms with Gasteiger partial charge in [-0.3, -0.25) is 4.90 Å². The summed E-state index contributed by atoms with van der Waals surface area (Å²) < 4.78 is 6.29. The highest BCUT2D eigenvalue weighted by atomic mass is 16.5. The molecule has 2 heterocycles. The molecule has 1 saturated heterocycles. The van der Waals surface area contributed by atoms with E-state index in [2.05, 4.69) is 55.8 Å². The average Bonchev–Trinajstić information content (AvgIpc) is 2.91. The Bertz CT molecular complexity index is 642. The molecule has 1 aromatic heterocycles. The van der Waals surface area contributed by atoms with Gasteiger partial charge in [0.25, 0.3) is 0 Å². The first-order valence-electron chi connectivity index (χ1n) is 8.23. The Labute approximate surface area is 133 Å². The quantitative estimate of drug-likeness (QED) is 0.852. The fraction of sp³-hybridized carbons (Fsp3) is 0.526. The molecule has 3 nitrogen and oxygen atoms in total. The second-order valence-corrected chi connectivity index (χ2v) is 7.28. The number of pyridine rings is 1. The number of likely N-dealkylation sites (tertiary alicyclic amines) is 1. The molecule has 118 valence electrons. The van der Waals surface area contributed by atoms with Gasteiger partial charge in [-0.2, -0.15) is 0 Å². The molecule has 0 aliphatic carbocycles. The summed E-state index contributed by atoms with van der Waals surface area (Å²) in [7, 11) is 0. The van der Waals surface area contributed by atoms with Crippen molar-refractivity contribution in [2.75, 3.05) is 13.1 Å². The summed E-state index contributed by atoms with van der Waals surface area (Å²) in [5, 5.41) is 2.29. The molecule has 2 aromatic rings. The van der Waals surface area contributed by atoms with E-state index in [0.717, 1.165) is 30.8 Å². The Kier molecular flexibility index (Phi) is 4.09. The third kappa shape index (κ3) is 2.95. The van der Waals surface area contributed by atoms with E-state index >= 15 is 0 Å². The Balaban J connectivity index is 1.81. The average molecular weight is 298 g/mol. The van der Waals surface area contributed by atoms with Crippen LogP contribution in [0.5, 0.6) is 5.88 Å². The molecule has 1 aromatic carbocycles. The molecule has 0 radical (unpaired) electrons. The molecule has 2 unspecified atom stereocenters. The van der Waals surface area contributed by atoms with Crippen LogP contribution in [0.3, 0.4) is 0 Å². The molecule has 0 spiro atoms. The highest BCUT2D eigenvalue weighted by Crippen LogP contribution is 2.34. The minimum Gasteiger partial charge on any atom is -0.472 e. The summed E-state index contributed by atoms with van der Waals surface area (Å²) in [5.74, 6) is 0.772. The molecule has 22 heavy (non-hydrogen) atoms. The van der Waals surface area contributed by atoms with Crippen LogP contribution in [0.15, 0.2) is 36.5 Å². The smallest absolute Gasteiger partial charge is 0.221 e. The summed E-state index contributed by atoms with van der Waals surface area (Å²) >= 11 is 0. The number of ether oxygens (including phenoxy) is 1. The molecule has 2 atom stereocenters. The lowest BCUT2D eigenvalue weighted by molar-refractivity contribution is 0.147. The van der Waals surface area contributed by atoms with Gasteiger partial charge in [0.05, 0.1) is 0 Å². The lowest BCUT2D eigenvalue weighted by atomic mass is 9.85. The van der Waals surface area contributed by atoms with Crippen molar-refractivity contribution in [3.8, 4) is 5.88 Å². The number of rotatable bonds is 3. The Morgan fingerprint density at radius 1 is 1.23 bits per heavy atom. The number of nitrogens with zero attached hydrogens (tertiary/aromatic N) is 2.